The molecule has 1 rings (SSSR count). The second-order valence-corrected chi connectivity index (χ2v) is 2.15. The maximum absolute atomic E-state index is 12.5. The molecule has 1 unspecified atom stereocenters. The molecule has 1 aliphatic rings. The highest BCUT2D eigenvalue weighted by Gasteiger charge is 2.27. The van der Waals surface area contributed by atoms with Gasteiger partial charge in [-0.1, -0.05) is 0 Å². The van der Waals surface area contributed by atoms with Gasteiger partial charge in [0.05, 0.1) is 13.3 Å². The Kier molecular flexibility index (Phi) is 2.32. The molecule has 1 atom stereocenters. The van der Waals surface area contributed by atoms with Crippen molar-refractivity contribution in [1.82, 2.24) is 0 Å². The summed E-state index contributed by atoms with van der Waals surface area (Å²) in [5, 5.41) is 0. The lowest BCUT2D eigenvalue weighted by Gasteiger charge is -2.08. The van der Waals surface area contributed by atoms with E-state index < -0.39 is 23.6 Å². The number of methoxy groups -OCH3 is 1. The van der Waals surface area contributed by atoms with Gasteiger partial charge in [0, 0.05) is 0 Å². The highest BCUT2D eigenvalue weighted by molar-refractivity contribution is 6.06. The molecule has 1 amide bonds. The van der Waals surface area contributed by atoms with E-state index in [1.54, 1.807) is 0 Å². The maximum Gasteiger partial charge on any atom is 0.322 e. The van der Waals surface area contributed by atoms with E-state index in [0.717, 1.165) is 19.4 Å². The number of allylic oxidation sites excluding steroid dienone is 1. The van der Waals surface area contributed by atoms with Crippen LogP contribution in [0.25, 0.3) is 0 Å². The third-order valence-corrected chi connectivity index (χ3v) is 1.36. The zero-order chi connectivity index (χ0) is 9.14. The fourth-order valence-electron chi connectivity index (χ4n) is 0.775. The molecule has 0 aromatic heterocycles. The van der Waals surface area contributed by atoms with E-state index >= 15 is 0 Å². The number of dihydropyridines is 1. The number of halogens is 1. The fourth-order valence-corrected chi connectivity index (χ4v) is 0.775. The van der Waals surface area contributed by atoms with Gasteiger partial charge in [-0.2, -0.15) is 0 Å². The molecule has 0 saturated heterocycles. The Morgan fingerprint density at radius 1 is 1.75 bits per heavy atom. The molecule has 0 aliphatic carbocycles. The summed E-state index contributed by atoms with van der Waals surface area (Å²) < 4.78 is 16.7. The highest BCUT2D eigenvalue weighted by Crippen LogP contribution is 2.12. The number of ether oxygens (including phenoxy) is 1. The Bertz CT molecular complexity index is 282. The van der Waals surface area contributed by atoms with Gasteiger partial charge in [-0.05, 0) is 6.08 Å². The number of rotatable bonds is 1. The van der Waals surface area contributed by atoms with Gasteiger partial charge in [-0.15, -0.1) is 0 Å². The van der Waals surface area contributed by atoms with Crippen molar-refractivity contribution in [2.24, 2.45) is 10.9 Å². The first-order valence-corrected chi connectivity index (χ1v) is 3.18. The SMILES string of the molecule is COC(=O)C1C=C(F)C=NC1=O. The maximum atomic E-state index is 12.5. The van der Waals surface area contributed by atoms with Gasteiger partial charge in [0.1, 0.15) is 5.83 Å². The van der Waals surface area contributed by atoms with E-state index in [2.05, 4.69) is 9.73 Å². The number of carbonyl (C=O) groups is 2. The smallest absolute Gasteiger partial charge is 0.322 e. The van der Waals surface area contributed by atoms with E-state index in [9.17, 15) is 14.0 Å². The zero-order valence-corrected chi connectivity index (χ0v) is 6.28. The van der Waals surface area contributed by atoms with Crippen LogP contribution in [0.1, 0.15) is 0 Å². The molecule has 0 aromatic rings. The summed E-state index contributed by atoms with van der Waals surface area (Å²) in [4.78, 5) is 24.8. The van der Waals surface area contributed by atoms with E-state index in [0.29, 0.717) is 0 Å². The summed E-state index contributed by atoms with van der Waals surface area (Å²) >= 11 is 0. The molecule has 64 valence electrons. The molecule has 0 fully saturated rings. The number of nitrogens with zero attached hydrogens (tertiary/aromatic N) is 1. The number of hydrogen-bond donors (Lipinski definition) is 0. The topological polar surface area (TPSA) is 55.7 Å². The van der Waals surface area contributed by atoms with E-state index in [1.807, 2.05) is 0 Å². The van der Waals surface area contributed by atoms with Gasteiger partial charge in [0.25, 0.3) is 5.91 Å². The minimum atomic E-state index is -1.22. The fraction of sp³-hybridized carbons (Fsp3) is 0.286. The molecule has 0 aromatic carbocycles. The Hall–Kier alpha value is -1.52. The highest BCUT2D eigenvalue weighted by atomic mass is 19.1. The summed E-state index contributed by atoms with van der Waals surface area (Å²) in [5.74, 6) is -3.43. The van der Waals surface area contributed by atoms with Crippen molar-refractivity contribution in [2.75, 3.05) is 7.11 Å². The second kappa shape index (κ2) is 3.25. The predicted octanol–water partition coefficient (Wildman–Crippen LogP) is 0.240. The van der Waals surface area contributed by atoms with Crippen LogP contribution in [-0.4, -0.2) is 25.2 Å². The lowest BCUT2D eigenvalue weighted by atomic mass is 10.1. The Morgan fingerprint density at radius 3 is 3.00 bits per heavy atom. The summed E-state index contributed by atoms with van der Waals surface area (Å²) in [5.41, 5.74) is 0. The molecule has 4 nitrogen and oxygen atoms in total. The van der Waals surface area contributed by atoms with E-state index in [4.69, 9.17) is 0 Å². The summed E-state index contributed by atoms with van der Waals surface area (Å²) in [6.07, 6.45) is 1.64. The number of esters is 1. The van der Waals surface area contributed by atoms with Gasteiger partial charge < -0.3 is 4.74 Å². The number of aliphatic imine (C=N–C) groups is 1. The summed E-state index contributed by atoms with van der Waals surface area (Å²) in [7, 11) is 1.12. The van der Waals surface area contributed by atoms with Crippen LogP contribution >= 0.6 is 0 Å². The van der Waals surface area contributed by atoms with Crippen LogP contribution in [0, 0.1) is 5.92 Å². The Morgan fingerprint density at radius 2 is 2.42 bits per heavy atom. The zero-order valence-electron chi connectivity index (χ0n) is 6.28. The van der Waals surface area contributed by atoms with Crippen LogP contribution in [0.4, 0.5) is 4.39 Å². The molecule has 12 heavy (non-hydrogen) atoms. The van der Waals surface area contributed by atoms with Gasteiger partial charge in [0.15, 0.2) is 5.92 Å². The van der Waals surface area contributed by atoms with Crippen molar-refractivity contribution >= 4 is 18.1 Å². The van der Waals surface area contributed by atoms with Crippen molar-refractivity contribution in [1.29, 1.82) is 0 Å². The van der Waals surface area contributed by atoms with Crippen molar-refractivity contribution in [3.8, 4) is 0 Å². The monoisotopic (exact) mass is 171 g/mol. The molecule has 5 heteroatoms. The second-order valence-electron chi connectivity index (χ2n) is 2.15. The van der Waals surface area contributed by atoms with Crippen LogP contribution in [0.5, 0.6) is 0 Å². The first-order chi connectivity index (χ1) is 5.65. The lowest BCUT2D eigenvalue weighted by Crippen LogP contribution is -2.24. The van der Waals surface area contributed by atoms with Gasteiger partial charge in [0.2, 0.25) is 0 Å². The molecular weight excluding hydrogens is 165 g/mol. The third kappa shape index (κ3) is 1.55. The average molecular weight is 171 g/mol. The van der Waals surface area contributed by atoms with Crippen LogP contribution in [0.2, 0.25) is 0 Å². The van der Waals surface area contributed by atoms with Crippen molar-refractivity contribution in [3.63, 3.8) is 0 Å². The van der Waals surface area contributed by atoms with Crippen LogP contribution < -0.4 is 0 Å². The van der Waals surface area contributed by atoms with Crippen LogP contribution in [0.3, 0.4) is 0 Å². The quantitative estimate of drug-likeness (QED) is 0.419. The van der Waals surface area contributed by atoms with Gasteiger partial charge in [-0.25, -0.2) is 9.38 Å². The van der Waals surface area contributed by atoms with E-state index in [-0.39, 0.29) is 0 Å². The first kappa shape index (κ1) is 8.58. The predicted molar refractivity (Wildman–Crippen MR) is 38.2 cm³/mol. The largest absolute Gasteiger partial charge is 0.468 e. The number of amides is 1. The van der Waals surface area contributed by atoms with Crippen molar-refractivity contribution in [3.05, 3.63) is 11.9 Å². The molecule has 1 heterocycles. The standard InChI is InChI=1S/C7H6FNO3/c1-12-7(11)5-2-4(8)3-9-6(5)10/h2-3,5H,1H3. The minimum absolute atomic E-state index is 0.704. The van der Waals surface area contributed by atoms with E-state index in [1.165, 1.54) is 0 Å². The minimum Gasteiger partial charge on any atom is -0.468 e. The molecule has 0 radical (unpaired) electrons. The lowest BCUT2D eigenvalue weighted by molar-refractivity contribution is -0.147. The summed E-state index contributed by atoms with van der Waals surface area (Å²) in [6, 6.07) is 0. The first-order valence-electron chi connectivity index (χ1n) is 3.18. The normalized spacial score (nSPS) is 22.0. The Labute approximate surface area is 67.7 Å². The molecule has 0 spiro atoms. The van der Waals surface area contributed by atoms with Gasteiger partial charge >= 0.3 is 5.97 Å². The molecule has 0 saturated carbocycles. The van der Waals surface area contributed by atoms with Crippen molar-refractivity contribution in [2.45, 2.75) is 0 Å². The number of carbonyl (C=O) groups excluding carboxylic acids is 2. The third-order valence-electron chi connectivity index (χ3n) is 1.36. The average Bonchev–Trinajstić information content (AvgIpc) is 2.08. The molecule has 0 bridgehead atoms. The molecule has 1 aliphatic heterocycles. The van der Waals surface area contributed by atoms with Crippen LogP contribution in [0.15, 0.2) is 16.9 Å². The summed E-state index contributed by atoms with van der Waals surface area (Å²) in [6.45, 7) is 0. The Balaban J connectivity index is 2.84. The molecule has 0 N–H and O–H groups in total. The van der Waals surface area contributed by atoms with Gasteiger partial charge in [-0.3, -0.25) is 9.59 Å². The number of hydrogen-bond acceptors (Lipinski definition) is 3. The molecular formula is C7H6FNO3. The van der Waals surface area contributed by atoms with Crippen LogP contribution in [-0.2, 0) is 14.3 Å². The van der Waals surface area contributed by atoms with Crippen molar-refractivity contribution < 1.29 is 18.7 Å².